The van der Waals surface area contributed by atoms with Gasteiger partial charge in [-0.1, -0.05) is 176 Å². The van der Waals surface area contributed by atoms with Crippen molar-refractivity contribution in [3.8, 4) is 95.9 Å². The Morgan fingerprint density at radius 3 is 1.35 bits per heavy atom. The predicted molar refractivity (Wildman–Crippen MR) is 253 cm³/mol. The summed E-state index contributed by atoms with van der Waals surface area (Å²) in [6.07, 6.45) is 0. The molecule has 0 amide bonds. The van der Waals surface area contributed by atoms with Crippen LogP contribution >= 0.6 is 0 Å². The maximum absolute atomic E-state index is 10.0. The van der Waals surface area contributed by atoms with Crippen LogP contribution in [0.4, 0.5) is 0 Å². The van der Waals surface area contributed by atoms with E-state index >= 15 is 0 Å². The third kappa shape index (κ3) is 5.86. The lowest BCUT2D eigenvalue weighted by Crippen LogP contribution is -2.25. The molecule has 292 valence electrons. The van der Waals surface area contributed by atoms with Crippen molar-refractivity contribution in [1.82, 2.24) is 15.0 Å². The minimum absolute atomic E-state index is 0.528. The third-order valence-electron chi connectivity index (χ3n) is 12.7. The fourth-order valence-corrected chi connectivity index (χ4v) is 9.93. The van der Waals surface area contributed by atoms with Crippen LogP contribution in [0.25, 0.3) is 89.8 Å². The van der Waals surface area contributed by atoms with Gasteiger partial charge < -0.3 is 0 Å². The SMILES string of the molecule is N#Cc1ccc2c(c1)-c1ccc(-c3cccc(-c4nc(-c5ccccc5)nc(-c5cc(-c6ccccc6)cc(-c6ccccc6)c5)n4)c3)cc1C21c2ccccc2-c2ccccc21. The second kappa shape index (κ2) is 14.6. The molecule has 0 saturated heterocycles. The van der Waals surface area contributed by atoms with Gasteiger partial charge in [0.15, 0.2) is 17.5 Å². The highest BCUT2D eigenvalue weighted by molar-refractivity contribution is 5.96. The number of aromatic nitrogens is 3. The first-order chi connectivity index (χ1) is 31.2. The summed E-state index contributed by atoms with van der Waals surface area (Å²) in [7, 11) is 0. The lowest BCUT2D eigenvalue weighted by atomic mass is 9.70. The summed E-state index contributed by atoms with van der Waals surface area (Å²) >= 11 is 0. The van der Waals surface area contributed by atoms with Gasteiger partial charge in [0, 0.05) is 16.7 Å². The van der Waals surface area contributed by atoms with E-state index in [2.05, 4.69) is 176 Å². The first-order valence-electron chi connectivity index (χ1n) is 21.2. The molecule has 0 atom stereocenters. The van der Waals surface area contributed by atoms with E-state index in [1.165, 1.54) is 33.4 Å². The molecule has 0 fully saturated rings. The maximum atomic E-state index is 10.0. The average molecular weight is 801 g/mol. The van der Waals surface area contributed by atoms with Crippen LogP contribution in [-0.2, 0) is 5.41 Å². The molecule has 9 aromatic carbocycles. The van der Waals surface area contributed by atoms with Gasteiger partial charge in [0.05, 0.1) is 17.0 Å². The van der Waals surface area contributed by atoms with E-state index in [-0.39, 0.29) is 0 Å². The molecule has 2 aliphatic rings. The molecular formula is C59H36N4. The van der Waals surface area contributed by atoms with Crippen molar-refractivity contribution in [3.05, 3.63) is 246 Å². The van der Waals surface area contributed by atoms with Crippen molar-refractivity contribution in [3.63, 3.8) is 0 Å². The summed E-state index contributed by atoms with van der Waals surface area (Å²) in [6, 6.07) is 79.2. The van der Waals surface area contributed by atoms with Crippen molar-refractivity contribution in [2.24, 2.45) is 0 Å². The highest BCUT2D eigenvalue weighted by Gasteiger charge is 2.51. The van der Waals surface area contributed by atoms with Crippen molar-refractivity contribution in [2.75, 3.05) is 0 Å². The highest BCUT2D eigenvalue weighted by atomic mass is 15.0. The summed E-state index contributed by atoms with van der Waals surface area (Å²) < 4.78 is 0. The number of hydrogen-bond acceptors (Lipinski definition) is 4. The molecule has 1 aromatic heterocycles. The maximum Gasteiger partial charge on any atom is 0.164 e. The molecule has 1 spiro atoms. The van der Waals surface area contributed by atoms with Crippen molar-refractivity contribution < 1.29 is 0 Å². The summed E-state index contributed by atoms with van der Waals surface area (Å²) in [5.74, 6) is 1.81. The number of hydrogen-bond donors (Lipinski definition) is 0. The van der Waals surface area contributed by atoms with Gasteiger partial charge in [-0.25, -0.2) is 15.0 Å². The Morgan fingerprint density at radius 1 is 0.286 bits per heavy atom. The molecular weight excluding hydrogens is 765 g/mol. The van der Waals surface area contributed by atoms with Crippen molar-refractivity contribution in [2.45, 2.75) is 5.41 Å². The average Bonchev–Trinajstić information content (AvgIpc) is 3.83. The molecule has 0 aliphatic heterocycles. The van der Waals surface area contributed by atoms with Gasteiger partial charge in [-0.15, -0.1) is 0 Å². The smallest absolute Gasteiger partial charge is 0.164 e. The number of nitrogens with zero attached hydrogens (tertiary/aromatic N) is 4. The Hall–Kier alpha value is -8.52. The monoisotopic (exact) mass is 800 g/mol. The van der Waals surface area contributed by atoms with Gasteiger partial charge in [0.1, 0.15) is 0 Å². The van der Waals surface area contributed by atoms with Crippen LogP contribution in [0.2, 0.25) is 0 Å². The Kier molecular flexibility index (Phi) is 8.42. The van der Waals surface area contributed by atoms with E-state index in [1.807, 2.05) is 48.5 Å². The van der Waals surface area contributed by atoms with E-state index in [9.17, 15) is 5.26 Å². The molecule has 0 unspecified atom stereocenters. The van der Waals surface area contributed by atoms with E-state index in [0.717, 1.165) is 61.2 Å². The van der Waals surface area contributed by atoms with Gasteiger partial charge in [-0.05, 0) is 120 Å². The van der Waals surface area contributed by atoms with Gasteiger partial charge in [-0.3, -0.25) is 0 Å². The van der Waals surface area contributed by atoms with Crippen LogP contribution in [-0.4, -0.2) is 15.0 Å². The van der Waals surface area contributed by atoms with Crippen LogP contribution < -0.4 is 0 Å². The summed E-state index contributed by atoms with van der Waals surface area (Å²) in [5.41, 5.74) is 19.1. The van der Waals surface area contributed by atoms with E-state index in [1.54, 1.807) is 0 Å². The first-order valence-corrected chi connectivity index (χ1v) is 21.2. The fourth-order valence-electron chi connectivity index (χ4n) is 9.93. The molecule has 4 nitrogen and oxygen atoms in total. The highest BCUT2D eigenvalue weighted by Crippen LogP contribution is 2.63. The fraction of sp³-hybridized carbons (Fsp3) is 0.0169. The Balaban J connectivity index is 1.03. The molecule has 0 saturated carbocycles. The third-order valence-corrected chi connectivity index (χ3v) is 12.7. The quantitative estimate of drug-likeness (QED) is 0.168. The second-order valence-corrected chi connectivity index (χ2v) is 16.3. The number of fused-ring (bicyclic) bond motifs is 10. The Labute approximate surface area is 366 Å². The van der Waals surface area contributed by atoms with Gasteiger partial charge in [-0.2, -0.15) is 5.26 Å². The molecule has 2 aliphatic carbocycles. The topological polar surface area (TPSA) is 62.5 Å². The summed E-state index contributed by atoms with van der Waals surface area (Å²) in [5, 5.41) is 10.0. The molecule has 1 heterocycles. The first kappa shape index (κ1) is 36.3. The van der Waals surface area contributed by atoms with Crippen molar-refractivity contribution >= 4 is 0 Å². The molecule has 0 N–H and O–H groups in total. The van der Waals surface area contributed by atoms with Gasteiger partial charge >= 0.3 is 0 Å². The molecule has 0 radical (unpaired) electrons. The largest absolute Gasteiger partial charge is 0.208 e. The number of benzene rings is 9. The lowest BCUT2D eigenvalue weighted by molar-refractivity contribution is 0.794. The molecule has 0 bridgehead atoms. The van der Waals surface area contributed by atoms with Crippen LogP contribution in [0.1, 0.15) is 27.8 Å². The molecule has 4 heteroatoms. The Bertz CT molecular complexity index is 3360. The van der Waals surface area contributed by atoms with Crippen LogP contribution in [0.15, 0.2) is 218 Å². The Morgan fingerprint density at radius 2 is 0.730 bits per heavy atom. The van der Waals surface area contributed by atoms with Crippen LogP contribution in [0.3, 0.4) is 0 Å². The molecule has 63 heavy (non-hydrogen) atoms. The lowest BCUT2D eigenvalue weighted by Gasteiger charge is -2.30. The van der Waals surface area contributed by atoms with Gasteiger partial charge in [0.25, 0.3) is 0 Å². The summed E-state index contributed by atoms with van der Waals surface area (Å²) in [4.78, 5) is 15.6. The van der Waals surface area contributed by atoms with Crippen molar-refractivity contribution in [1.29, 1.82) is 5.26 Å². The summed E-state index contributed by atoms with van der Waals surface area (Å²) in [6.45, 7) is 0. The standard InChI is InChI=1S/C59H36N4/c60-37-38-27-30-54-51(31-38)50-29-28-43(36-55(50)59(54)52-25-12-10-23-48(52)49-24-11-13-26-53(49)59)42-21-14-22-44(32-42)57-61-56(41-19-8-3-9-20-41)62-58(63-57)47-34-45(39-15-4-1-5-16-39)33-46(35-47)40-17-6-2-7-18-40/h1-36H. The van der Waals surface area contributed by atoms with Crippen LogP contribution in [0, 0.1) is 11.3 Å². The van der Waals surface area contributed by atoms with E-state index in [0.29, 0.717) is 23.0 Å². The zero-order valence-electron chi connectivity index (χ0n) is 34.1. The number of rotatable bonds is 6. The van der Waals surface area contributed by atoms with E-state index in [4.69, 9.17) is 15.0 Å². The van der Waals surface area contributed by atoms with Gasteiger partial charge in [0.2, 0.25) is 0 Å². The molecule has 12 rings (SSSR count). The number of nitriles is 1. The minimum atomic E-state index is -0.528. The zero-order chi connectivity index (χ0) is 41.9. The molecule has 10 aromatic rings. The minimum Gasteiger partial charge on any atom is -0.208 e. The predicted octanol–water partition coefficient (Wildman–Crippen LogP) is 14.1. The second-order valence-electron chi connectivity index (χ2n) is 16.3. The normalized spacial score (nSPS) is 12.6. The van der Waals surface area contributed by atoms with E-state index < -0.39 is 5.41 Å². The van der Waals surface area contributed by atoms with Crippen LogP contribution in [0.5, 0.6) is 0 Å². The zero-order valence-corrected chi connectivity index (χ0v) is 34.1.